The number of aryl methyl sites for hydroxylation is 2. The predicted octanol–water partition coefficient (Wildman–Crippen LogP) is 5.39. The molecule has 2 aromatic carbocycles. The summed E-state index contributed by atoms with van der Waals surface area (Å²) < 4.78 is 6.71. The Labute approximate surface area is 167 Å². The number of benzene rings is 2. The number of nitrogens with zero attached hydrogens (tertiary/aromatic N) is 2. The molecule has 27 heavy (non-hydrogen) atoms. The summed E-state index contributed by atoms with van der Waals surface area (Å²) in [5.74, 6) is -0.0571. The number of thiazole rings is 1. The van der Waals surface area contributed by atoms with Crippen molar-refractivity contribution >= 4 is 44.2 Å². The molecule has 0 N–H and O–H groups in total. The van der Waals surface area contributed by atoms with Crippen molar-refractivity contribution in [2.24, 2.45) is 0 Å². The molecule has 0 aliphatic carbocycles. The van der Waals surface area contributed by atoms with E-state index in [0.29, 0.717) is 22.3 Å². The van der Waals surface area contributed by atoms with E-state index in [2.05, 4.69) is 0 Å². The van der Waals surface area contributed by atoms with Crippen molar-refractivity contribution in [1.29, 1.82) is 0 Å². The van der Waals surface area contributed by atoms with Gasteiger partial charge >= 0.3 is 0 Å². The van der Waals surface area contributed by atoms with Crippen molar-refractivity contribution in [2.75, 3.05) is 18.1 Å². The first-order valence-corrected chi connectivity index (χ1v) is 10.3. The Morgan fingerprint density at radius 1 is 1.26 bits per heavy atom. The van der Waals surface area contributed by atoms with Crippen LogP contribution in [0.2, 0.25) is 5.02 Å². The fourth-order valence-electron chi connectivity index (χ4n) is 3.30. The van der Waals surface area contributed by atoms with Gasteiger partial charge in [0.2, 0.25) is 0 Å². The van der Waals surface area contributed by atoms with Crippen LogP contribution in [-0.2, 0) is 4.74 Å². The van der Waals surface area contributed by atoms with Gasteiger partial charge in [0.1, 0.15) is 0 Å². The largest absolute Gasteiger partial charge is 0.376 e. The zero-order chi connectivity index (χ0) is 19.0. The molecule has 1 unspecified atom stereocenters. The number of amides is 1. The lowest BCUT2D eigenvalue weighted by Crippen LogP contribution is -2.37. The maximum absolute atomic E-state index is 13.3. The van der Waals surface area contributed by atoms with Crippen LogP contribution in [0, 0.1) is 13.8 Å². The topological polar surface area (TPSA) is 42.4 Å². The van der Waals surface area contributed by atoms with E-state index in [4.69, 9.17) is 21.3 Å². The highest BCUT2D eigenvalue weighted by atomic mass is 35.5. The Hall–Kier alpha value is -1.95. The lowest BCUT2D eigenvalue weighted by Gasteiger charge is -2.23. The smallest absolute Gasteiger partial charge is 0.260 e. The van der Waals surface area contributed by atoms with Crippen molar-refractivity contribution in [1.82, 2.24) is 4.98 Å². The third-order valence-corrected chi connectivity index (χ3v) is 6.41. The van der Waals surface area contributed by atoms with Crippen molar-refractivity contribution in [3.8, 4) is 0 Å². The van der Waals surface area contributed by atoms with Gasteiger partial charge in [0, 0.05) is 12.2 Å². The first-order valence-electron chi connectivity index (χ1n) is 9.08. The highest BCUT2D eigenvalue weighted by molar-refractivity contribution is 7.23. The van der Waals surface area contributed by atoms with E-state index in [1.807, 2.05) is 50.2 Å². The Bertz CT molecular complexity index is 939. The van der Waals surface area contributed by atoms with Crippen LogP contribution >= 0.6 is 22.9 Å². The summed E-state index contributed by atoms with van der Waals surface area (Å²) in [5.41, 5.74) is 3.69. The van der Waals surface area contributed by atoms with E-state index < -0.39 is 0 Å². The van der Waals surface area contributed by atoms with E-state index in [0.717, 1.165) is 40.8 Å². The Balaban J connectivity index is 1.75. The first kappa shape index (κ1) is 18.4. The number of hydrogen-bond acceptors (Lipinski definition) is 4. The molecular weight excluding hydrogens is 380 g/mol. The molecule has 1 atom stereocenters. The molecule has 3 aromatic rings. The van der Waals surface area contributed by atoms with E-state index in [9.17, 15) is 4.79 Å². The number of rotatable bonds is 4. The number of carbonyl (C=O) groups is 1. The minimum Gasteiger partial charge on any atom is -0.376 e. The molecule has 2 heterocycles. The average Bonchev–Trinajstić information content (AvgIpc) is 3.33. The summed E-state index contributed by atoms with van der Waals surface area (Å²) in [6, 6.07) is 11.5. The van der Waals surface area contributed by atoms with Gasteiger partial charge in [-0.3, -0.25) is 9.69 Å². The monoisotopic (exact) mass is 400 g/mol. The van der Waals surface area contributed by atoms with Gasteiger partial charge < -0.3 is 4.74 Å². The molecule has 0 bridgehead atoms. The van der Waals surface area contributed by atoms with Gasteiger partial charge in [-0.25, -0.2) is 4.98 Å². The van der Waals surface area contributed by atoms with E-state index in [1.165, 1.54) is 11.3 Å². The molecule has 4 nitrogen and oxygen atoms in total. The summed E-state index contributed by atoms with van der Waals surface area (Å²) in [7, 11) is 0. The Kier molecular flexibility index (Phi) is 5.17. The van der Waals surface area contributed by atoms with Gasteiger partial charge in [0.15, 0.2) is 5.13 Å². The standard InChI is InChI=1S/C21H21ClN2O2S/c1-13-5-8-15(9-6-13)20(25)24(12-16-4-3-11-26-16)21-23-18-14(2)7-10-17(22)19(18)27-21/h5-10,16H,3-4,11-12H2,1-2H3. The second-order valence-corrected chi connectivity index (χ2v) is 8.34. The quantitative estimate of drug-likeness (QED) is 0.589. The van der Waals surface area contributed by atoms with Crippen LogP contribution in [0.25, 0.3) is 10.2 Å². The van der Waals surface area contributed by atoms with Crippen molar-refractivity contribution in [2.45, 2.75) is 32.8 Å². The Morgan fingerprint density at radius 2 is 2.04 bits per heavy atom. The maximum atomic E-state index is 13.3. The Morgan fingerprint density at radius 3 is 2.70 bits per heavy atom. The van der Waals surface area contributed by atoms with Gasteiger partial charge in [0.05, 0.1) is 27.9 Å². The highest BCUT2D eigenvalue weighted by Crippen LogP contribution is 2.36. The lowest BCUT2D eigenvalue weighted by molar-refractivity contribution is 0.0917. The first-order chi connectivity index (χ1) is 13.0. The van der Waals surface area contributed by atoms with Crippen LogP contribution in [0.1, 0.15) is 34.3 Å². The maximum Gasteiger partial charge on any atom is 0.260 e. The summed E-state index contributed by atoms with van der Waals surface area (Å²) in [6.07, 6.45) is 2.03. The number of hydrogen-bond donors (Lipinski definition) is 0. The van der Waals surface area contributed by atoms with Gasteiger partial charge in [-0.2, -0.15) is 0 Å². The highest BCUT2D eigenvalue weighted by Gasteiger charge is 2.27. The molecule has 1 aliphatic heterocycles. The molecule has 0 spiro atoms. The van der Waals surface area contributed by atoms with Gasteiger partial charge in [-0.1, -0.05) is 46.7 Å². The third kappa shape index (κ3) is 3.72. The fraction of sp³-hybridized carbons (Fsp3) is 0.333. The third-order valence-electron chi connectivity index (χ3n) is 4.87. The normalized spacial score (nSPS) is 16.8. The van der Waals surface area contributed by atoms with Crippen molar-refractivity contribution in [3.05, 3.63) is 58.1 Å². The molecule has 1 aromatic heterocycles. The number of halogens is 1. The van der Waals surface area contributed by atoms with Crippen molar-refractivity contribution < 1.29 is 9.53 Å². The fourth-order valence-corrected chi connectivity index (χ4v) is 4.62. The van der Waals surface area contributed by atoms with Crippen LogP contribution in [0.15, 0.2) is 36.4 Å². The van der Waals surface area contributed by atoms with Crippen LogP contribution in [0.4, 0.5) is 5.13 Å². The number of ether oxygens (including phenoxy) is 1. The summed E-state index contributed by atoms with van der Waals surface area (Å²) in [4.78, 5) is 19.8. The molecule has 4 rings (SSSR count). The number of fused-ring (bicyclic) bond motifs is 1. The minimum atomic E-state index is -0.0571. The van der Waals surface area contributed by atoms with E-state index in [1.54, 1.807) is 4.90 Å². The second-order valence-electron chi connectivity index (χ2n) is 6.96. The summed E-state index contributed by atoms with van der Waals surface area (Å²) in [6.45, 7) is 5.27. The molecule has 1 fully saturated rings. The van der Waals surface area contributed by atoms with Gasteiger partial charge in [-0.05, 0) is 50.5 Å². The molecule has 0 saturated carbocycles. The molecule has 0 radical (unpaired) electrons. The van der Waals surface area contributed by atoms with Crippen molar-refractivity contribution in [3.63, 3.8) is 0 Å². The summed E-state index contributed by atoms with van der Waals surface area (Å²) >= 11 is 7.84. The van der Waals surface area contributed by atoms with Crippen LogP contribution < -0.4 is 4.90 Å². The number of aromatic nitrogens is 1. The van der Waals surface area contributed by atoms with Gasteiger partial charge in [-0.15, -0.1) is 0 Å². The average molecular weight is 401 g/mol. The zero-order valence-corrected chi connectivity index (χ0v) is 16.9. The van der Waals surface area contributed by atoms with Crippen LogP contribution in [0.5, 0.6) is 0 Å². The van der Waals surface area contributed by atoms with Crippen LogP contribution in [0.3, 0.4) is 0 Å². The SMILES string of the molecule is Cc1ccc(C(=O)N(CC2CCCO2)c2nc3c(C)ccc(Cl)c3s2)cc1. The van der Waals surface area contributed by atoms with Gasteiger partial charge in [0.25, 0.3) is 5.91 Å². The predicted molar refractivity (Wildman–Crippen MR) is 111 cm³/mol. The summed E-state index contributed by atoms with van der Waals surface area (Å²) in [5, 5.41) is 1.33. The molecule has 1 aliphatic rings. The molecule has 140 valence electrons. The molecule has 1 amide bonds. The molecule has 1 saturated heterocycles. The zero-order valence-electron chi connectivity index (χ0n) is 15.4. The van der Waals surface area contributed by atoms with E-state index in [-0.39, 0.29) is 12.0 Å². The second kappa shape index (κ2) is 7.58. The molecular formula is C21H21ClN2O2S. The minimum absolute atomic E-state index is 0.0444. The van der Waals surface area contributed by atoms with E-state index >= 15 is 0 Å². The number of carbonyl (C=O) groups excluding carboxylic acids is 1. The molecule has 6 heteroatoms. The van der Waals surface area contributed by atoms with Crippen LogP contribution in [-0.4, -0.2) is 30.1 Å². The lowest BCUT2D eigenvalue weighted by atomic mass is 10.1. The number of anilines is 1.